The van der Waals surface area contributed by atoms with E-state index in [1.54, 1.807) is 12.1 Å². The Morgan fingerprint density at radius 1 is 1.38 bits per heavy atom. The highest BCUT2D eigenvalue weighted by Crippen LogP contribution is 2.20. The van der Waals surface area contributed by atoms with E-state index in [0.29, 0.717) is 12.6 Å². The van der Waals surface area contributed by atoms with Crippen molar-refractivity contribution in [3.63, 3.8) is 0 Å². The minimum atomic E-state index is -0.188. The molecule has 1 aliphatic rings. The van der Waals surface area contributed by atoms with Crippen LogP contribution >= 0.6 is 0 Å². The van der Waals surface area contributed by atoms with Gasteiger partial charge >= 0.3 is 0 Å². The lowest BCUT2D eigenvalue weighted by Gasteiger charge is -2.10. The molecule has 1 heterocycles. The van der Waals surface area contributed by atoms with Crippen LogP contribution in [-0.2, 0) is 19.5 Å². The van der Waals surface area contributed by atoms with E-state index < -0.39 is 0 Å². The van der Waals surface area contributed by atoms with Crippen LogP contribution in [0.15, 0.2) is 30.5 Å². The van der Waals surface area contributed by atoms with Gasteiger partial charge in [0.25, 0.3) is 0 Å². The van der Waals surface area contributed by atoms with Crippen molar-refractivity contribution < 1.29 is 4.39 Å². The molecule has 0 unspecified atom stereocenters. The van der Waals surface area contributed by atoms with Crippen LogP contribution in [0, 0.1) is 5.82 Å². The summed E-state index contributed by atoms with van der Waals surface area (Å²) in [6.45, 7) is 3.71. The van der Waals surface area contributed by atoms with Gasteiger partial charge in [-0.15, -0.1) is 0 Å². The van der Waals surface area contributed by atoms with Gasteiger partial charge in [-0.3, -0.25) is 4.68 Å². The predicted molar refractivity (Wildman–Crippen MR) is 81.6 cm³/mol. The van der Waals surface area contributed by atoms with Crippen molar-refractivity contribution in [1.82, 2.24) is 15.1 Å². The van der Waals surface area contributed by atoms with Crippen LogP contribution < -0.4 is 5.32 Å². The summed E-state index contributed by atoms with van der Waals surface area (Å²) in [4.78, 5) is 0. The van der Waals surface area contributed by atoms with Gasteiger partial charge in [-0.2, -0.15) is 5.10 Å². The second-order valence-electron chi connectivity index (χ2n) is 5.81. The number of rotatable bonds is 7. The number of hydrogen-bond acceptors (Lipinski definition) is 2. The third kappa shape index (κ3) is 3.70. The molecule has 0 bridgehead atoms. The molecule has 0 aliphatic heterocycles. The van der Waals surface area contributed by atoms with Gasteiger partial charge in [-0.05, 0) is 37.0 Å². The van der Waals surface area contributed by atoms with Crippen LogP contribution in [0.2, 0.25) is 0 Å². The zero-order valence-corrected chi connectivity index (χ0v) is 12.5. The van der Waals surface area contributed by atoms with Crippen molar-refractivity contribution in [3.8, 4) is 0 Å². The number of halogens is 1. The number of benzene rings is 1. The van der Waals surface area contributed by atoms with Gasteiger partial charge in [0.15, 0.2) is 0 Å². The molecule has 0 spiro atoms. The van der Waals surface area contributed by atoms with Crippen molar-refractivity contribution in [2.75, 3.05) is 0 Å². The Hall–Kier alpha value is -1.68. The highest BCUT2D eigenvalue weighted by Gasteiger charge is 2.21. The van der Waals surface area contributed by atoms with E-state index in [4.69, 9.17) is 0 Å². The second-order valence-corrected chi connectivity index (χ2v) is 5.81. The van der Waals surface area contributed by atoms with Crippen LogP contribution in [0.3, 0.4) is 0 Å². The van der Waals surface area contributed by atoms with Crippen LogP contribution in [0.1, 0.15) is 43.0 Å². The van der Waals surface area contributed by atoms with E-state index in [1.165, 1.54) is 30.2 Å². The van der Waals surface area contributed by atoms with Gasteiger partial charge in [0.2, 0.25) is 0 Å². The average molecular weight is 287 g/mol. The molecule has 21 heavy (non-hydrogen) atoms. The minimum absolute atomic E-state index is 0.188. The summed E-state index contributed by atoms with van der Waals surface area (Å²) in [6.07, 6.45) is 6.64. The fourth-order valence-electron chi connectivity index (χ4n) is 2.61. The quantitative estimate of drug-likeness (QED) is 0.847. The van der Waals surface area contributed by atoms with Gasteiger partial charge in [0.1, 0.15) is 5.82 Å². The van der Waals surface area contributed by atoms with E-state index in [2.05, 4.69) is 17.3 Å². The molecule has 1 aliphatic carbocycles. The van der Waals surface area contributed by atoms with Gasteiger partial charge in [0, 0.05) is 23.8 Å². The smallest absolute Gasteiger partial charge is 0.123 e. The Bertz CT molecular complexity index is 602. The highest BCUT2D eigenvalue weighted by atomic mass is 19.1. The lowest BCUT2D eigenvalue weighted by molar-refractivity contribution is 0.607. The minimum Gasteiger partial charge on any atom is -0.310 e. The molecule has 1 N–H and O–H groups in total. The van der Waals surface area contributed by atoms with Gasteiger partial charge < -0.3 is 5.32 Å². The lowest BCUT2D eigenvalue weighted by atomic mass is 10.1. The van der Waals surface area contributed by atoms with Crippen molar-refractivity contribution in [2.45, 2.75) is 51.7 Å². The number of nitrogens with one attached hydrogen (secondary N) is 1. The Kier molecular flexibility index (Phi) is 4.34. The van der Waals surface area contributed by atoms with E-state index in [-0.39, 0.29) is 5.82 Å². The maximum atomic E-state index is 13.3. The average Bonchev–Trinajstić information content (AvgIpc) is 3.22. The molecular weight excluding hydrogens is 265 g/mol. The van der Waals surface area contributed by atoms with Crippen LogP contribution in [0.25, 0.3) is 0 Å². The summed E-state index contributed by atoms with van der Waals surface area (Å²) in [5.41, 5.74) is 3.51. The summed E-state index contributed by atoms with van der Waals surface area (Å²) in [7, 11) is 0. The first-order chi connectivity index (χ1) is 10.3. The first-order valence-corrected chi connectivity index (χ1v) is 7.77. The zero-order valence-electron chi connectivity index (χ0n) is 12.5. The molecule has 0 radical (unpaired) electrons. The molecule has 1 aromatic heterocycles. The molecule has 0 atom stereocenters. The normalized spacial score (nSPS) is 14.6. The Labute approximate surface area is 125 Å². The Balaban J connectivity index is 1.76. The third-order valence-electron chi connectivity index (χ3n) is 3.90. The molecule has 0 saturated heterocycles. The molecule has 2 aromatic rings. The zero-order chi connectivity index (χ0) is 14.7. The van der Waals surface area contributed by atoms with Crippen molar-refractivity contribution >= 4 is 0 Å². The molecule has 1 saturated carbocycles. The first-order valence-electron chi connectivity index (χ1n) is 7.77. The molecule has 1 aromatic carbocycles. The molecule has 4 heteroatoms. The number of aromatic nitrogens is 2. The lowest BCUT2D eigenvalue weighted by Crippen LogP contribution is -2.16. The molecule has 3 nitrogen and oxygen atoms in total. The van der Waals surface area contributed by atoms with Crippen LogP contribution in [-0.4, -0.2) is 15.8 Å². The summed E-state index contributed by atoms with van der Waals surface area (Å²) in [6, 6.07) is 7.46. The van der Waals surface area contributed by atoms with Crippen molar-refractivity contribution in [2.24, 2.45) is 0 Å². The summed E-state index contributed by atoms with van der Waals surface area (Å²) >= 11 is 0. The second kappa shape index (κ2) is 6.39. The fourth-order valence-corrected chi connectivity index (χ4v) is 2.61. The van der Waals surface area contributed by atoms with Gasteiger partial charge in [-0.25, -0.2) is 4.39 Å². The monoisotopic (exact) mass is 287 g/mol. The maximum Gasteiger partial charge on any atom is 0.123 e. The predicted octanol–water partition coefficient (Wildman–Crippen LogP) is 3.28. The SMILES string of the molecule is CCCc1c(CNC2CC2)cnn1Cc1cccc(F)c1. The van der Waals surface area contributed by atoms with Gasteiger partial charge in [-0.1, -0.05) is 25.5 Å². The summed E-state index contributed by atoms with van der Waals surface area (Å²) in [5.74, 6) is -0.188. The number of nitrogens with zero attached hydrogens (tertiary/aromatic N) is 2. The molecule has 0 amide bonds. The molecule has 112 valence electrons. The van der Waals surface area contributed by atoms with E-state index in [0.717, 1.165) is 24.9 Å². The first kappa shape index (κ1) is 14.3. The Morgan fingerprint density at radius 3 is 2.95 bits per heavy atom. The highest BCUT2D eigenvalue weighted by molar-refractivity contribution is 5.22. The summed E-state index contributed by atoms with van der Waals surface area (Å²) < 4.78 is 15.3. The van der Waals surface area contributed by atoms with Crippen LogP contribution in [0.4, 0.5) is 4.39 Å². The summed E-state index contributed by atoms with van der Waals surface area (Å²) in [5, 5.41) is 8.06. The van der Waals surface area contributed by atoms with E-state index in [9.17, 15) is 4.39 Å². The van der Waals surface area contributed by atoms with Crippen molar-refractivity contribution in [1.29, 1.82) is 0 Å². The Morgan fingerprint density at radius 2 is 2.24 bits per heavy atom. The standard InChI is InChI=1S/C17H22FN3/c1-2-4-17-14(10-19-16-7-8-16)11-20-21(17)12-13-5-3-6-15(18)9-13/h3,5-6,9,11,16,19H,2,4,7-8,10,12H2,1H3. The largest absolute Gasteiger partial charge is 0.310 e. The van der Waals surface area contributed by atoms with E-state index in [1.807, 2.05) is 16.9 Å². The molecule has 3 rings (SSSR count). The molecule has 1 fully saturated rings. The van der Waals surface area contributed by atoms with Gasteiger partial charge in [0.05, 0.1) is 12.7 Å². The topological polar surface area (TPSA) is 29.9 Å². The fraction of sp³-hybridized carbons (Fsp3) is 0.471. The van der Waals surface area contributed by atoms with Crippen molar-refractivity contribution in [3.05, 3.63) is 53.1 Å². The number of hydrogen-bond donors (Lipinski definition) is 1. The van der Waals surface area contributed by atoms with Crippen LogP contribution in [0.5, 0.6) is 0 Å². The maximum absolute atomic E-state index is 13.3. The molecular formula is C17H22FN3. The van der Waals surface area contributed by atoms with E-state index >= 15 is 0 Å². The third-order valence-corrected chi connectivity index (χ3v) is 3.90.